The third-order valence-electron chi connectivity index (χ3n) is 5.01. The van der Waals surface area contributed by atoms with Gasteiger partial charge < -0.3 is 9.47 Å². The lowest BCUT2D eigenvalue weighted by molar-refractivity contribution is -0.144. The maximum absolute atomic E-state index is 12.1. The molecule has 2 unspecified atom stereocenters. The highest BCUT2D eigenvalue weighted by molar-refractivity contribution is 5.74. The van der Waals surface area contributed by atoms with E-state index in [4.69, 9.17) is 9.47 Å². The van der Waals surface area contributed by atoms with E-state index in [1.54, 1.807) is 0 Å². The van der Waals surface area contributed by atoms with Gasteiger partial charge in [0.2, 0.25) is 0 Å². The molecule has 0 aliphatic carbocycles. The van der Waals surface area contributed by atoms with Gasteiger partial charge in [-0.25, -0.2) is 0 Å². The van der Waals surface area contributed by atoms with E-state index in [-0.39, 0.29) is 18.0 Å². The number of hydrogen-bond acceptors (Lipinski definition) is 3. The van der Waals surface area contributed by atoms with Crippen LogP contribution in [-0.4, -0.2) is 12.6 Å². The molecule has 1 saturated heterocycles. The zero-order valence-electron chi connectivity index (χ0n) is 16.0. The summed E-state index contributed by atoms with van der Waals surface area (Å²) in [4.78, 5) is 12.1. The van der Waals surface area contributed by atoms with Crippen LogP contribution in [0.3, 0.4) is 0 Å². The van der Waals surface area contributed by atoms with Crippen molar-refractivity contribution in [2.75, 3.05) is 6.61 Å². The highest BCUT2D eigenvalue weighted by Gasteiger charge is 2.34. The molecule has 25 heavy (non-hydrogen) atoms. The predicted molar refractivity (Wildman–Crippen MR) is 102 cm³/mol. The molecule has 1 fully saturated rings. The SMILES string of the molecule is CCCCCCCC1CC(c2ccc(OCCCCC)cc2)OC1=O. The van der Waals surface area contributed by atoms with Gasteiger partial charge in [0.1, 0.15) is 11.9 Å². The fraction of sp³-hybridized carbons (Fsp3) is 0.682. The Morgan fingerprint density at radius 2 is 1.64 bits per heavy atom. The number of carbonyl (C=O) groups excluding carboxylic acids is 1. The van der Waals surface area contributed by atoms with Gasteiger partial charge in [0.15, 0.2) is 0 Å². The highest BCUT2D eigenvalue weighted by Crippen LogP contribution is 2.36. The number of benzene rings is 1. The summed E-state index contributed by atoms with van der Waals surface area (Å²) in [5, 5.41) is 0. The fourth-order valence-corrected chi connectivity index (χ4v) is 3.39. The van der Waals surface area contributed by atoms with Gasteiger partial charge in [-0.3, -0.25) is 4.79 Å². The summed E-state index contributed by atoms with van der Waals surface area (Å²) >= 11 is 0. The first-order valence-electron chi connectivity index (χ1n) is 10.2. The number of hydrogen-bond donors (Lipinski definition) is 0. The van der Waals surface area contributed by atoms with Gasteiger partial charge in [-0.2, -0.15) is 0 Å². The van der Waals surface area contributed by atoms with Crippen LogP contribution in [0.5, 0.6) is 5.75 Å². The first kappa shape index (κ1) is 19.8. The maximum Gasteiger partial charge on any atom is 0.309 e. The van der Waals surface area contributed by atoms with E-state index in [0.29, 0.717) is 0 Å². The van der Waals surface area contributed by atoms with Crippen LogP contribution < -0.4 is 4.74 Å². The van der Waals surface area contributed by atoms with E-state index < -0.39 is 0 Å². The van der Waals surface area contributed by atoms with Crippen LogP contribution in [-0.2, 0) is 9.53 Å². The first-order valence-corrected chi connectivity index (χ1v) is 10.2. The molecule has 2 atom stereocenters. The standard InChI is InChI=1S/C22H34O3/c1-3-5-7-8-9-11-19-17-21(25-22(19)23)18-12-14-20(15-13-18)24-16-10-6-4-2/h12-15,19,21H,3-11,16-17H2,1-2H3. The Morgan fingerprint density at radius 1 is 0.960 bits per heavy atom. The summed E-state index contributed by atoms with van der Waals surface area (Å²) < 4.78 is 11.4. The Morgan fingerprint density at radius 3 is 2.36 bits per heavy atom. The highest BCUT2D eigenvalue weighted by atomic mass is 16.6. The molecule has 0 saturated carbocycles. The van der Waals surface area contributed by atoms with Gasteiger partial charge in [0.25, 0.3) is 0 Å². The quantitative estimate of drug-likeness (QED) is 0.333. The van der Waals surface area contributed by atoms with E-state index in [1.165, 1.54) is 38.5 Å². The second-order valence-electron chi connectivity index (χ2n) is 7.19. The Kier molecular flexibility index (Phi) is 8.85. The lowest BCUT2D eigenvalue weighted by atomic mass is 9.95. The van der Waals surface area contributed by atoms with Crippen molar-refractivity contribution < 1.29 is 14.3 Å². The average molecular weight is 347 g/mol. The molecule has 1 aliphatic rings. The largest absolute Gasteiger partial charge is 0.494 e. The first-order chi connectivity index (χ1) is 12.2. The molecule has 140 valence electrons. The van der Waals surface area contributed by atoms with Crippen molar-refractivity contribution >= 4 is 5.97 Å². The van der Waals surface area contributed by atoms with E-state index in [9.17, 15) is 4.79 Å². The number of esters is 1. The van der Waals surface area contributed by atoms with Crippen LogP contribution in [0.2, 0.25) is 0 Å². The number of cyclic esters (lactones) is 1. The average Bonchev–Trinajstić information content (AvgIpc) is 3.00. The zero-order valence-corrected chi connectivity index (χ0v) is 16.0. The van der Waals surface area contributed by atoms with E-state index >= 15 is 0 Å². The molecule has 0 N–H and O–H groups in total. The lowest BCUT2D eigenvalue weighted by Gasteiger charge is -2.11. The predicted octanol–water partition coefficient (Wildman–Crippen LogP) is 6.22. The third kappa shape index (κ3) is 6.72. The van der Waals surface area contributed by atoms with Crippen molar-refractivity contribution in [1.82, 2.24) is 0 Å². The molecular weight excluding hydrogens is 312 g/mol. The van der Waals surface area contributed by atoms with E-state index in [2.05, 4.69) is 13.8 Å². The molecule has 0 radical (unpaired) electrons. The molecule has 0 spiro atoms. The van der Waals surface area contributed by atoms with Crippen LogP contribution in [0.25, 0.3) is 0 Å². The Hall–Kier alpha value is -1.51. The van der Waals surface area contributed by atoms with Gasteiger partial charge in [0.05, 0.1) is 12.5 Å². The molecule has 1 aliphatic heterocycles. The molecular formula is C22H34O3. The summed E-state index contributed by atoms with van der Waals surface area (Å²) in [6.07, 6.45) is 11.4. The van der Waals surface area contributed by atoms with Crippen LogP contribution in [0.15, 0.2) is 24.3 Å². The van der Waals surface area contributed by atoms with Crippen molar-refractivity contribution in [3.63, 3.8) is 0 Å². The monoisotopic (exact) mass is 346 g/mol. The minimum Gasteiger partial charge on any atom is -0.494 e. The molecule has 2 rings (SSSR count). The fourth-order valence-electron chi connectivity index (χ4n) is 3.39. The minimum atomic E-state index is -0.0812. The number of rotatable bonds is 12. The molecule has 0 amide bonds. The Balaban J connectivity index is 1.75. The normalized spacial score (nSPS) is 19.8. The summed E-state index contributed by atoms with van der Waals surface area (Å²) in [5.74, 6) is 0.966. The number of carbonyl (C=O) groups is 1. The van der Waals surface area contributed by atoms with Gasteiger partial charge in [-0.1, -0.05) is 70.9 Å². The van der Waals surface area contributed by atoms with E-state index in [0.717, 1.165) is 43.6 Å². The summed E-state index contributed by atoms with van der Waals surface area (Å²) in [6.45, 7) is 5.18. The van der Waals surface area contributed by atoms with Gasteiger partial charge >= 0.3 is 5.97 Å². The molecule has 0 bridgehead atoms. The lowest BCUT2D eigenvalue weighted by Crippen LogP contribution is -2.06. The van der Waals surface area contributed by atoms with Crippen molar-refractivity contribution in [3.8, 4) is 5.75 Å². The van der Waals surface area contributed by atoms with Gasteiger partial charge in [0, 0.05) is 6.42 Å². The van der Waals surface area contributed by atoms with Crippen LogP contribution in [0, 0.1) is 5.92 Å². The second kappa shape index (κ2) is 11.2. The number of unbranched alkanes of at least 4 members (excludes halogenated alkanes) is 6. The van der Waals surface area contributed by atoms with Crippen LogP contribution >= 0.6 is 0 Å². The molecule has 3 nitrogen and oxygen atoms in total. The van der Waals surface area contributed by atoms with Crippen molar-refractivity contribution in [1.29, 1.82) is 0 Å². The van der Waals surface area contributed by atoms with E-state index in [1.807, 2.05) is 24.3 Å². The minimum absolute atomic E-state index is 0.0135. The van der Waals surface area contributed by atoms with Crippen molar-refractivity contribution in [2.24, 2.45) is 5.92 Å². The second-order valence-corrected chi connectivity index (χ2v) is 7.19. The summed E-state index contributed by atoms with van der Waals surface area (Å²) in [6, 6.07) is 8.06. The van der Waals surface area contributed by atoms with Gasteiger partial charge in [-0.15, -0.1) is 0 Å². The number of ether oxygens (including phenoxy) is 2. The topological polar surface area (TPSA) is 35.5 Å². The van der Waals surface area contributed by atoms with Crippen molar-refractivity contribution in [2.45, 2.75) is 84.2 Å². The smallest absolute Gasteiger partial charge is 0.309 e. The Bertz CT molecular complexity index is 494. The maximum atomic E-state index is 12.1. The van der Waals surface area contributed by atoms with Crippen LogP contribution in [0.4, 0.5) is 0 Å². The zero-order chi connectivity index (χ0) is 17.9. The van der Waals surface area contributed by atoms with Crippen molar-refractivity contribution in [3.05, 3.63) is 29.8 Å². The Labute approximate surface area is 153 Å². The molecule has 0 aromatic heterocycles. The molecule has 1 aromatic rings. The third-order valence-corrected chi connectivity index (χ3v) is 5.01. The van der Waals surface area contributed by atoms with Crippen LogP contribution in [0.1, 0.15) is 89.7 Å². The molecule has 1 heterocycles. The van der Waals surface area contributed by atoms with Gasteiger partial charge in [-0.05, 0) is 30.5 Å². The molecule has 1 aromatic carbocycles. The summed E-state index contributed by atoms with van der Waals surface area (Å²) in [5.41, 5.74) is 1.09. The molecule has 3 heteroatoms. The summed E-state index contributed by atoms with van der Waals surface area (Å²) in [7, 11) is 0.